The molecule has 1 fully saturated rings. The quantitative estimate of drug-likeness (QED) is 0.713. The highest BCUT2D eigenvalue weighted by Crippen LogP contribution is 2.22. The molecule has 10 heteroatoms. The van der Waals surface area contributed by atoms with Crippen LogP contribution in [0, 0.1) is 0 Å². The molecule has 1 aromatic rings. The van der Waals surface area contributed by atoms with Crippen LogP contribution in [-0.2, 0) is 15.0 Å². The van der Waals surface area contributed by atoms with Crippen LogP contribution in [0.2, 0.25) is 0 Å². The summed E-state index contributed by atoms with van der Waals surface area (Å²) < 4.78 is 34.5. The van der Waals surface area contributed by atoms with Crippen LogP contribution < -0.4 is 4.90 Å². The third-order valence-corrected chi connectivity index (χ3v) is 3.73. The Kier molecular flexibility index (Phi) is 3.08. The Morgan fingerprint density at radius 1 is 1.47 bits per heavy atom. The van der Waals surface area contributed by atoms with E-state index in [4.69, 9.17) is 0 Å². The van der Waals surface area contributed by atoms with E-state index in [1.54, 1.807) is 0 Å². The first-order valence-corrected chi connectivity index (χ1v) is 6.71. The molecule has 0 N–H and O–H groups in total. The summed E-state index contributed by atoms with van der Waals surface area (Å²) in [6, 6.07) is 0. The molecule has 1 aliphatic heterocycles. The summed E-state index contributed by atoms with van der Waals surface area (Å²) in [5.74, 6) is -0.579. The lowest BCUT2D eigenvalue weighted by atomic mass is 10.4. The number of carbonyl (C=O) groups is 1. The summed E-state index contributed by atoms with van der Waals surface area (Å²) in [6.07, 6.45) is 0.908. The lowest BCUT2D eigenvalue weighted by Gasteiger charge is -2.11. The van der Waals surface area contributed by atoms with Crippen molar-refractivity contribution in [2.24, 2.45) is 0 Å². The van der Waals surface area contributed by atoms with Crippen LogP contribution in [0.4, 0.5) is 9.83 Å². The van der Waals surface area contributed by atoms with E-state index in [0.717, 1.165) is 4.90 Å². The predicted octanol–water partition coefficient (Wildman–Crippen LogP) is 0.0387. The van der Waals surface area contributed by atoms with Gasteiger partial charge in [-0.15, -0.1) is 14.1 Å². The van der Waals surface area contributed by atoms with Crippen molar-refractivity contribution in [3.05, 3.63) is 10.8 Å². The van der Waals surface area contributed by atoms with Crippen LogP contribution in [0.25, 0.3) is 0 Å². The summed E-state index contributed by atoms with van der Waals surface area (Å²) in [5, 5.41) is 5.86. The van der Waals surface area contributed by atoms with E-state index in [0.29, 0.717) is 4.60 Å². The van der Waals surface area contributed by atoms with Crippen LogP contribution in [-0.4, -0.2) is 41.3 Å². The summed E-state index contributed by atoms with van der Waals surface area (Å²) in [4.78, 5) is 16.3. The van der Waals surface area contributed by atoms with Crippen LogP contribution in [0.1, 0.15) is 6.42 Å². The molecule has 1 aliphatic rings. The van der Waals surface area contributed by atoms with Gasteiger partial charge in [-0.3, -0.25) is 9.69 Å². The number of amides is 1. The monoisotopic (exact) mass is 324 g/mol. The number of hydrogen-bond acceptors (Lipinski definition) is 6. The SMILES string of the molecule is O=C1CC(S(=O)(=O)F)CN1c1ncc(Br)nn1. The number of anilines is 1. The third-order valence-electron chi connectivity index (χ3n) is 2.25. The maximum atomic E-state index is 12.7. The molecular formula is C7H6BrFN4O3S. The Balaban J connectivity index is 2.24. The Hall–Kier alpha value is -1.16. The number of nitrogens with zero attached hydrogens (tertiary/aromatic N) is 4. The van der Waals surface area contributed by atoms with Gasteiger partial charge in [-0.2, -0.15) is 8.42 Å². The van der Waals surface area contributed by atoms with Crippen molar-refractivity contribution in [2.45, 2.75) is 11.7 Å². The van der Waals surface area contributed by atoms with Crippen molar-refractivity contribution >= 4 is 38.0 Å². The van der Waals surface area contributed by atoms with E-state index in [2.05, 4.69) is 31.1 Å². The van der Waals surface area contributed by atoms with Gasteiger partial charge >= 0.3 is 10.2 Å². The van der Waals surface area contributed by atoms with Crippen LogP contribution >= 0.6 is 15.9 Å². The summed E-state index contributed by atoms with van der Waals surface area (Å²) in [7, 11) is -4.73. The van der Waals surface area contributed by atoms with Gasteiger partial charge in [0.25, 0.3) is 5.95 Å². The summed E-state index contributed by atoms with van der Waals surface area (Å²) >= 11 is 3.02. The molecule has 1 atom stereocenters. The average Bonchev–Trinajstić information content (AvgIpc) is 2.61. The van der Waals surface area contributed by atoms with Crippen LogP contribution in [0.15, 0.2) is 10.8 Å². The molecule has 0 spiro atoms. The molecule has 1 amide bonds. The van der Waals surface area contributed by atoms with Gasteiger partial charge in [0.05, 0.1) is 6.20 Å². The van der Waals surface area contributed by atoms with Gasteiger partial charge in [0.15, 0.2) is 0 Å². The smallest absolute Gasteiger partial charge is 0.278 e. The normalized spacial score (nSPS) is 20.9. The minimum atomic E-state index is -4.73. The molecule has 1 aromatic heterocycles. The molecule has 2 rings (SSSR count). The van der Waals surface area contributed by atoms with Gasteiger partial charge in [0.2, 0.25) is 5.91 Å². The molecule has 0 aromatic carbocycles. The van der Waals surface area contributed by atoms with Gasteiger partial charge < -0.3 is 0 Å². The highest BCUT2D eigenvalue weighted by Gasteiger charge is 2.40. The first kappa shape index (κ1) is 12.3. The van der Waals surface area contributed by atoms with Crippen molar-refractivity contribution in [3.63, 3.8) is 0 Å². The Morgan fingerprint density at radius 3 is 2.65 bits per heavy atom. The van der Waals surface area contributed by atoms with Gasteiger partial charge in [-0.25, -0.2) is 4.98 Å². The van der Waals surface area contributed by atoms with E-state index in [1.165, 1.54) is 6.20 Å². The largest absolute Gasteiger partial charge is 0.307 e. The second-order valence-electron chi connectivity index (χ2n) is 3.39. The van der Waals surface area contributed by atoms with E-state index in [-0.39, 0.29) is 12.5 Å². The van der Waals surface area contributed by atoms with Crippen molar-refractivity contribution in [2.75, 3.05) is 11.4 Å². The molecular weight excluding hydrogens is 319 g/mol. The zero-order chi connectivity index (χ0) is 12.6. The van der Waals surface area contributed by atoms with Gasteiger partial charge in [0.1, 0.15) is 9.85 Å². The molecule has 0 aliphatic carbocycles. The predicted molar refractivity (Wildman–Crippen MR) is 58.3 cm³/mol. The molecule has 0 bridgehead atoms. The van der Waals surface area contributed by atoms with Crippen molar-refractivity contribution < 1.29 is 17.1 Å². The fourth-order valence-corrected chi connectivity index (χ4v) is 2.29. The minimum Gasteiger partial charge on any atom is -0.278 e. The number of aromatic nitrogens is 3. The number of carbonyl (C=O) groups excluding carboxylic acids is 1. The maximum Gasteiger partial charge on any atom is 0.307 e. The van der Waals surface area contributed by atoms with Crippen molar-refractivity contribution in [1.29, 1.82) is 0 Å². The second-order valence-corrected chi connectivity index (χ2v) is 5.82. The minimum absolute atomic E-state index is 0.0376. The van der Waals surface area contributed by atoms with E-state index in [9.17, 15) is 17.1 Å². The van der Waals surface area contributed by atoms with E-state index in [1.807, 2.05) is 0 Å². The number of hydrogen-bond donors (Lipinski definition) is 0. The first-order valence-electron chi connectivity index (χ1n) is 4.47. The Morgan fingerprint density at radius 2 is 2.18 bits per heavy atom. The van der Waals surface area contributed by atoms with Gasteiger partial charge in [-0.05, 0) is 15.9 Å². The maximum absolute atomic E-state index is 12.7. The molecule has 7 nitrogen and oxygen atoms in total. The number of halogens is 2. The standard InChI is InChI=1S/C7H6BrFN4O3S/c8-5-2-10-7(12-11-5)13-3-4(1-6(13)14)17(9,15)16/h2,4H,1,3H2. The highest BCUT2D eigenvalue weighted by atomic mass is 79.9. The lowest BCUT2D eigenvalue weighted by Crippen LogP contribution is -2.28. The highest BCUT2D eigenvalue weighted by molar-refractivity contribution is 9.10. The fraction of sp³-hybridized carbons (Fsp3) is 0.429. The fourth-order valence-electron chi connectivity index (χ4n) is 1.44. The molecule has 17 heavy (non-hydrogen) atoms. The Bertz CT molecular complexity index is 549. The van der Waals surface area contributed by atoms with Gasteiger partial charge in [-0.1, -0.05) is 0 Å². The second kappa shape index (κ2) is 4.26. The lowest BCUT2D eigenvalue weighted by molar-refractivity contribution is -0.117. The van der Waals surface area contributed by atoms with Crippen LogP contribution in [0.3, 0.4) is 0 Å². The van der Waals surface area contributed by atoms with E-state index >= 15 is 0 Å². The zero-order valence-corrected chi connectivity index (χ0v) is 10.6. The van der Waals surface area contributed by atoms with Crippen molar-refractivity contribution in [1.82, 2.24) is 15.2 Å². The molecule has 0 radical (unpaired) electrons. The average molecular weight is 325 g/mol. The van der Waals surface area contributed by atoms with Gasteiger partial charge in [0, 0.05) is 13.0 Å². The van der Waals surface area contributed by atoms with E-state index < -0.39 is 27.8 Å². The molecule has 92 valence electrons. The molecule has 1 saturated heterocycles. The van der Waals surface area contributed by atoms with Crippen molar-refractivity contribution in [3.8, 4) is 0 Å². The topological polar surface area (TPSA) is 93.1 Å². The molecule has 1 unspecified atom stereocenters. The summed E-state index contributed by atoms with van der Waals surface area (Å²) in [6.45, 7) is -0.291. The van der Waals surface area contributed by atoms with Crippen LogP contribution in [0.5, 0.6) is 0 Å². The molecule has 0 saturated carbocycles. The first-order chi connectivity index (χ1) is 7.88. The number of rotatable bonds is 2. The Labute approximate surface area is 104 Å². The zero-order valence-electron chi connectivity index (χ0n) is 8.25. The molecule has 2 heterocycles. The third kappa shape index (κ3) is 2.57. The summed E-state index contributed by atoms with van der Waals surface area (Å²) in [5.41, 5.74) is 0.